The van der Waals surface area contributed by atoms with Crippen molar-refractivity contribution in [2.24, 2.45) is 4.99 Å². The van der Waals surface area contributed by atoms with E-state index in [1.165, 1.54) is 0 Å². The first-order valence-corrected chi connectivity index (χ1v) is 6.89. The van der Waals surface area contributed by atoms with Gasteiger partial charge < -0.3 is 4.90 Å². The van der Waals surface area contributed by atoms with Gasteiger partial charge in [0.15, 0.2) is 10.7 Å². The highest BCUT2D eigenvalue weighted by Crippen LogP contribution is 2.38. The molecule has 0 aromatic heterocycles. The fourth-order valence-corrected chi connectivity index (χ4v) is 4.04. The van der Waals surface area contributed by atoms with Gasteiger partial charge in [0.05, 0.1) is 6.67 Å². The number of aliphatic imine (C=N–C) groups is 1. The summed E-state index contributed by atoms with van der Waals surface area (Å²) < 4.78 is 0. The van der Waals surface area contributed by atoms with Crippen molar-refractivity contribution in [1.29, 1.82) is 0 Å². The molecule has 0 spiro atoms. The summed E-state index contributed by atoms with van der Waals surface area (Å²) in [5.74, 6) is 0. The van der Waals surface area contributed by atoms with Crippen LogP contribution in [0, 0.1) is 0 Å². The zero-order chi connectivity index (χ0) is 10.1. The molecule has 0 aromatic carbocycles. The normalized spacial score (nSPS) is 29.6. The van der Waals surface area contributed by atoms with Crippen LogP contribution < -0.4 is 0 Å². The average Bonchev–Trinajstić information content (AvgIpc) is 2.70. The van der Waals surface area contributed by atoms with Crippen molar-refractivity contribution in [2.75, 3.05) is 40.9 Å². The molecule has 0 N–H and O–H groups in total. The molecule has 0 aliphatic carbocycles. The second kappa shape index (κ2) is 4.30. The quantitative estimate of drug-likeness (QED) is 0.622. The molecule has 4 nitrogen and oxygen atoms in total. The lowest BCUT2D eigenvalue weighted by Crippen LogP contribution is -2.30. The minimum absolute atomic E-state index is 0.322. The molecule has 1 fully saturated rings. The van der Waals surface area contributed by atoms with Crippen LogP contribution in [0.15, 0.2) is 4.99 Å². The van der Waals surface area contributed by atoms with Crippen molar-refractivity contribution in [1.82, 2.24) is 14.7 Å². The van der Waals surface area contributed by atoms with E-state index in [9.17, 15) is 0 Å². The summed E-state index contributed by atoms with van der Waals surface area (Å²) in [6.45, 7) is 3.34. The molecule has 2 aliphatic rings. The van der Waals surface area contributed by atoms with Gasteiger partial charge in [0, 0.05) is 27.2 Å². The van der Waals surface area contributed by atoms with Gasteiger partial charge in [-0.3, -0.25) is 9.80 Å². The minimum atomic E-state index is 0.322. The molecule has 0 bridgehead atoms. The van der Waals surface area contributed by atoms with Crippen LogP contribution in [0.3, 0.4) is 0 Å². The third-order valence-corrected chi connectivity index (χ3v) is 4.86. The SMILES string of the molecule is CN1CCN(C2N=C(N(C)C)SS2)C1. The molecular formula is C8H16N4S2. The number of hydrogen-bond acceptors (Lipinski definition) is 6. The smallest absolute Gasteiger partial charge is 0.172 e. The summed E-state index contributed by atoms with van der Waals surface area (Å²) in [7, 11) is 9.88. The summed E-state index contributed by atoms with van der Waals surface area (Å²) >= 11 is 0. The van der Waals surface area contributed by atoms with E-state index in [2.05, 4.69) is 26.7 Å². The van der Waals surface area contributed by atoms with Gasteiger partial charge in [0.2, 0.25) is 0 Å². The Balaban J connectivity index is 1.94. The van der Waals surface area contributed by atoms with E-state index in [0.717, 1.165) is 24.9 Å². The van der Waals surface area contributed by atoms with Crippen molar-refractivity contribution in [3.05, 3.63) is 0 Å². The lowest BCUT2D eigenvalue weighted by Gasteiger charge is -2.18. The van der Waals surface area contributed by atoms with Crippen LogP contribution in [0.25, 0.3) is 0 Å². The van der Waals surface area contributed by atoms with Gasteiger partial charge in [-0.2, -0.15) is 0 Å². The highest BCUT2D eigenvalue weighted by Gasteiger charge is 2.29. The van der Waals surface area contributed by atoms with E-state index in [0.29, 0.717) is 5.50 Å². The topological polar surface area (TPSA) is 22.1 Å². The highest BCUT2D eigenvalue weighted by atomic mass is 33.1. The molecule has 2 aliphatic heterocycles. The van der Waals surface area contributed by atoms with Crippen molar-refractivity contribution in [3.63, 3.8) is 0 Å². The van der Waals surface area contributed by atoms with Gasteiger partial charge in [0.1, 0.15) is 0 Å². The second-order valence-corrected chi connectivity index (χ2v) is 6.07. The van der Waals surface area contributed by atoms with Crippen LogP contribution in [-0.4, -0.2) is 66.3 Å². The Hall–Kier alpha value is 0.0900. The molecule has 1 saturated heterocycles. The Labute approximate surface area is 93.1 Å². The monoisotopic (exact) mass is 232 g/mol. The predicted octanol–water partition coefficient (Wildman–Crippen LogP) is 0.788. The molecule has 6 heteroatoms. The first kappa shape index (κ1) is 10.6. The summed E-state index contributed by atoms with van der Waals surface area (Å²) in [5.41, 5.74) is 0.322. The van der Waals surface area contributed by atoms with Crippen LogP contribution in [0.4, 0.5) is 0 Å². The standard InChI is InChI=1S/C8H16N4S2/c1-10(2)7-9-8(14-13-7)12-5-4-11(3)6-12/h8H,4-6H2,1-3H3. The molecule has 80 valence electrons. The average molecular weight is 232 g/mol. The first-order valence-electron chi connectivity index (χ1n) is 4.68. The van der Waals surface area contributed by atoms with Gasteiger partial charge in [-0.25, -0.2) is 4.99 Å². The maximum absolute atomic E-state index is 4.67. The summed E-state index contributed by atoms with van der Waals surface area (Å²) in [6.07, 6.45) is 0. The third-order valence-electron chi connectivity index (χ3n) is 2.32. The fourth-order valence-electron chi connectivity index (χ4n) is 1.49. The molecule has 14 heavy (non-hydrogen) atoms. The van der Waals surface area contributed by atoms with Crippen molar-refractivity contribution >= 4 is 26.8 Å². The van der Waals surface area contributed by atoms with Crippen molar-refractivity contribution in [2.45, 2.75) is 5.50 Å². The van der Waals surface area contributed by atoms with Crippen LogP contribution in [0.5, 0.6) is 0 Å². The van der Waals surface area contributed by atoms with E-state index in [1.54, 1.807) is 10.8 Å². The Morgan fingerprint density at radius 1 is 1.43 bits per heavy atom. The van der Waals surface area contributed by atoms with Crippen molar-refractivity contribution in [3.8, 4) is 0 Å². The van der Waals surface area contributed by atoms with Gasteiger partial charge in [-0.1, -0.05) is 0 Å². The molecule has 1 unspecified atom stereocenters. The zero-order valence-electron chi connectivity index (χ0n) is 8.80. The largest absolute Gasteiger partial charge is 0.357 e. The number of likely N-dealkylation sites (N-methyl/N-ethyl adjacent to an activating group) is 1. The Kier molecular flexibility index (Phi) is 3.26. The van der Waals surface area contributed by atoms with Crippen LogP contribution in [-0.2, 0) is 0 Å². The number of nitrogens with zero attached hydrogens (tertiary/aromatic N) is 4. The lowest BCUT2D eigenvalue weighted by molar-refractivity contribution is 0.265. The van der Waals surface area contributed by atoms with Gasteiger partial charge >= 0.3 is 0 Å². The Bertz CT molecular complexity index is 243. The summed E-state index contributed by atoms with van der Waals surface area (Å²) in [6, 6.07) is 0. The second-order valence-electron chi connectivity index (χ2n) is 3.85. The number of rotatable bonds is 1. The molecule has 0 amide bonds. The van der Waals surface area contributed by atoms with Gasteiger partial charge in [0.25, 0.3) is 0 Å². The molecule has 1 atom stereocenters. The van der Waals surface area contributed by atoms with E-state index in [-0.39, 0.29) is 0 Å². The molecule has 0 radical (unpaired) electrons. The van der Waals surface area contributed by atoms with E-state index in [1.807, 2.05) is 24.9 Å². The molecule has 2 heterocycles. The van der Waals surface area contributed by atoms with E-state index in [4.69, 9.17) is 0 Å². The Morgan fingerprint density at radius 3 is 2.71 bits per heavy atom. The summed E-state index contributed by atoms with van der Waals surface area (Å²) in [4.78, 5) is 11.5. The molecular weight excluding hydrogens is 216 g/mol. The molecule has 0 aromatic rings. The van der Waals surface area contributed by atoms with Gasteiger partial charge in [-0.15, -0.1) is 0 Å². The van der Waals surface area contributed by atoms with Crippen LogP contribution in [0.1, 0.15) is 0 Å². The van der Waals surface area contributed by atoms with Gasteiger partial charge in [-0.05, 0) is 28.6 Å². The first-order chi connectivity index (χ1) is 6.66. The predicted molar refractivity (Wildman–Crippen MR) is 64.3 cm³/mol. The maximum atomic E-state index is 4.67. The van der Waals surface area contributed by atoms with E-state index >= 15 is 0 Å². The fraction of sp³-hybridized carbons (Fsp3) is 0.875. The molecule has 0 saturated carbocycles. The van der Waals surface area contributed by atoms with Crippen molar-refractivity contribution < 1.29 is 0 Å². The van der Waals surface area contributed by atoms with E-state index < -0.39 is 0 Å². The van der Waals surface area contributed by atoms with Crippen LogP contribution >= 0.6 is 21.6 Å². The van der Waals surface area contributed by atoms with Crippen LogP contribution in [0.2, 0.25) is 0 Å². The Morgan fingerprint density at radius 2 is 2.21 bits per heavy atom. The lowest BCUT2D eigenvalue weighted by atomic mass is 10.6. The number of amidine groups is 1. The third kappa shape index (κ3) is 2.18. The molecule has 2 rings (SSSR count). The summed E-state index contributed by atoms with van der Waals surface area (Å²) in [5, 5.41) is 1.13. The highest BCUT2D eigenvalue weighted by molar-refractivity contribution is 8.82. The minimum Gasteiger partial charge on any atom is -0.357 e. The number of hydrogen-bond donors (Lipinski definition) is 0. The maximum Gasteiger partial charge on any atom is 0.172 e. The zero-order valence-corrected chi connectivity index (χ0v) is 10.4.